The normalized spacial score (nSPS) is 50.2. The highest BCUT2D eigenvalue weighted by Crippen LogP contribution is 2.68. The topological polar surface area (TPSA) is 60.7 Å². The molecule has 0 spiro atoms. The Kier molecular flexibility index (Phi) is 6.89. The predicted octanol–water partition coefficient (Wildman–Crippen LogP) is 5.90. The van der Waals surface area contributed by atoms with E-state index in [2.05, 4.69) is 48.5 Å². The summed E-state index contributed by atoms with van der Waals surface area (Å²) < 4.78 is 0. The van der Waals surface area contributed by atoms with Gasteiger partial charge < -0.3 is 15.3 Å². The van der Waals surface area contributed by atoms with E-state index >= 15 is 0 Å². The zero-order chi connectivity index (χ0) is 23.6. The minimum absolute atomic E-state index is 0.188. The third-order valence-corrected chi connectivity index (χ3v) is 12.4. The average Bonchev–Trinajstić information content (AvgIpc) is 3.09. The summed E-state index contributed by atoms with van der Waals surface area (Å²) in [6.45, 7) is 16.5. The van der Waals surface area contributed by atoms with Crippen LogP contribution in [0, 0.1) is 64.1 Å². The lowest BCUT2D eigenvalue weighted by Crippen LogP contribution is -2.57. The number of hydrogen-bond acceptors (Lipinski definition) is 3. The maximum absolute atomic E-state index is 11.4. The molecule has 3 heteroatoms. The van der Waals surface area contributed by atoms with Crippen LogP contribution in [-0.4, -0.2) is 33.6 Å². The second-order valence-corrected chi connectivity index (χ2v) is 13.8. The second kappa shape index (κ2) is 8.83. The van der Waals surface area contributed by atoms with Gasteiger partial charge >= 0.3 is 0 Å². The van der Waals surface area contributed by atoms with Crippen LogP contribution in [0.3, 0.4) is 0 Å². The van der Waals surface area contributed by atoms with Crippen molar-refractivity contribution < 1.29 is 15.3 Å². The molecule has 4 aliphatic rings. The Labute approximate surface area is 197 Å². The highest BCUT2D eigenvalue weighted by molar-refractivity contribution is 5.11. The SMILES string of the molecule is CC(C)C(C)[C@@H](C)[C@H](O)[C@H](C)[C@H]1CCC2C3CCC4CC(O)[C@@H](O)C[C@]4(C)C3CC[C@@]21C. The van der Waals surface area contributed by atoms with Gasteiger partial charge in [-0.1, -0.05) is 48.5 Å². The van der Waals surface area contributed by atoms with Gasteiger partial charge in [0.25, 0.3) is 0 Å². The van der Waals surface area contributed by atoms with Crippen molar-refractivity contribution in [2.45, 2.75) is 118 Å². The number of rotatable bonds is 5. The van der Waals surface area contributed by atoms with Crippen LogP contribution >= 0.6 is 0 Å². The van der Waals surface area contributed by atoms with Gasteiger partial charge in [-0.05, 0) is 115 Å². The molecule has 4 rings (SSSR count). The summed E-state index contributed by atoms with van der Waals surface area (Å²) >= 11 is 0. The summed E-state index contributed by atoms with van der Waals surface area (Å²) in [5, 5.41) is 32.3. The molecule has 186 valence electrons. The number of aliphatic hydroxyl groups is 3. The number of hydrogen-bond donors (Lipinski definition) is 3. The molecule has 0 radical (unpaired) electrons. The van der Waals surface area contributed by atoms with Crippen LogP contribution in [0.4, 0.5) is 0 Å². The summed E-state index contributed by atoms with van der Waals surface area (Å²) in [4.78, 5) is 0. The predicted molar refractivity (Wildman–Crippen MR) is 131 cm³/mol. The molecule has 32 heavy (non-hydrogen) atoms. The Morgan fingerprint density at radius 1 is 0.750 bits per heavy atom. The molecule has 6 unspecified atom stereocenters. The van der Waals surface area contributed by atoms with Gasteiger partial charge in [-0.25, -0.2) is 0 Å². The van der Waals surface area contributed by atoms with Gasteiger partial charge in [0.2, 0.25) is 0 Å². The molecule has 4 saturated carbocycles. The van der Waals surface area contributed by atoms with Crippen LogP contribution < -0.4 is 0 Å². The van der Waals surface area contributed by atoms with E-state index in [4.69, 9.17) is 0 Å². The summed E-state index contributed by atoms with van der Waals surface area (Å²) in [5.41, 5.74) is 0.533. The average molecular weight is 449 g/mol. The largest absolute Gasteiger partial charge is 0.393 e. The van der Waals surface area contributed by atoms with Gasteiger partial charge in [-0.15, -0.1) is 0 Å². The maximum atomic E-state index is 11.4. The van der Waals surface area contributed by atoms with Crippen LogP contribution in [0.15, 0.2) is 0 Å². The van der Waals surface area contributed by atoms with Gasteiger partial charge in [-0.3, -0.25) is 0 Å². The van der Waals surface area contributed by atoms with E-state index in [0.717, 1.165) is 24.7 Å². The van der Waals surface area contributed by atoms with Crippen LogP contribution in [-0.2, 0) is 0 Å². The fourth-order valence-corrected chi connectivity index (χ4v) is 9.81. The summed E-state index contributed by atoms with van der Waals surface area (Å²) in [7, 11) is 0. The zero-order valence-electron chi connectivity index (χ0n) is 21.9. The monoisotopic (exact) mass is 448 g/mol. The van der Waals surface area contributed by atoms with Gasteiger partial charge in [0.05, 0.1) is 18.3 Å². The fourth-order valence-electron chi connectivity index (χ4n) is 9.81. The molecule has 0 aromatic rings. The van der Waals surface area contributed by atoms with Crippen molar-refractivity contribution in [3.63, 3.8) is 0 Å². The van der Waals surface area contributed by atoms with Crippen LogP contribution in [0.5, 0.6) is 0 Å². The molecular formula is C29H52O3. The Morgan fingerprint density at radius 3 is 2.06 bits per heavy atom. The highest BCUT2D eigenvalue weighted by Gasteiger charge is 2.61. The zero-order valence-corrected chi connectivity index (χ0v) is 21.9. The molecule has 3 nitrogen and oxygen atoms in total. The molecule has 4 aliphatic carbocycles. The summed E-state index contributed by atoms with van der Waals surface area (Å²) in [5.74, 6) is 5.26. The van der Waals surface area contributed by atoms with Crippen molar-refractivity contribution in [2.24, 2.45) is 64.1 Å². The van der Waals surface area contributed by atoms with Crippen LogP contribution in [0.1, 0.15) is 99.8 Å². The number of fused-ring (bicyclic) bond motifs is 5. The first-order valence-electron chi connectivity index (χ1n) is 14.0. The molecule has 0 heterocycles. The molecule has 0 aliphatic heterocycles. The standard InChI is InChI=1S/C29H52O3/c1-16(2)17(3)18(4)27(32)19(5)22-10-11-23-21-9-8-20-14-25(30)26(31)15-29(20,7)24(21)12-13-28(22,23)6/h16-27,30-32H,8-15H2,1-7H3/t17?,18-,19-,20?,21?,22-,23?,24?,25?,26+,27+,28-,29+/m1/s1. The Hall–Kier alpha value is -0.120. The lowest BCUT2D eigenvalue weighted by Gasteiger charge is -2.61. The smallest absolute Gasteiger partial charge is 0.0804 e. The van der Waals surface area contributed by atoms with E-state index in [1.54, 1.807) is 0 Å². The van der Waals surface area contributed by atoms with Crippen LogP contribution in [0.25, 0.3) is 0 Å². The molecule has 13 atom stereocenters. The van der Waals surface area contributed by atoms with Crippen LogP contribution in [0.2, 0.25) is 0 Å². The molecule has 0 saturated heterocycles. The van der Waals surface area contributed by atoms with Gasteiger partial charge in [0.1, 0.15) is 0 Å². The second-order valence-electron chi connectivity index (χ2n) is 13.8. The third-order valence-electron chi connectivity index (χ3n) is 12.4. The maximum Gasteiger partial charge on any atom is 0.0804 e. The van der Waals surface area contributed by atoms with Gasteiger partial charge in [0.15, 0.2) is 0 Å². The Balaban J connectivity index is 1.52. The van der Waals surface area contributed by atoms with Crippen molar-refractivity contribution in [3.05, 3.63) is 0 Å². The van der Waals surface area contributed by atoms with E-state index in [1.807, 2.05) is 0 Å². The molecule has 4 fully saturated rings. The molecule has 0 bridgehead atoms. The lowest BCUT2D eigenvalue weighted by atomic mass is 9.44. The van der Waals surface area contributed by atoms with E-state index < -0.39 is 12.2 Å². The molecule has 0 amide bonds. The van der Waals surface area contributed by atoms with Crippen molar-refractivity contribution in [1.82, 2.24) is 0 Å². The summed E-state index contributed by atoms with van der Waals surface area (Å²) in [6.07, 6.45) is 7.96. The van der Waals surface area contributed by atoms with E-state index in [-0.39, 0.29) is 11.5 Å². The molecule has 3 N–H and O–H groups in total. The highest BCUT2D eigenvalue weighted by atomic mass is 16.3. The first-order valence-corrected chi connectivity index (χ1v) is 14.0. The molecular weight excluding hydrogens is 396 g/mol. The summed E-state index contributed by atoms with van der Waals surface area (Å²) in [6, 6.07) is 0. The third kappa shape index (κ3) is 3.81. The van der Waals surface area contributed by atoms with E-state index in [1.165, 1.54) is 38.5 Å². The van der Waals surface area contributed by atoms with E-state index in [0.29, 0.717) is 46.8 Å². The first kappa shape index (κ1) is 25.0. The Morgan fingerprint density at radius 2 is 1.41 bits per heavy atom. The van der Waals surface area contributed by atoms with Crippen molar-refractivity contribution in [3.8, 4) is 0 Å². The quantitative estimate of drug-likeness (QED) is 0.490. The molecule has 0 aromatic carbocycles. The van der Waals surface area contributed by atoms with Gasteiger partial charge in [0, 0.05) is 0 Å². The van der Waals surface area contributed by atoms with E-state index in [9.17, 15) is 15.3 Å². The Bertz CT molecular complexity index is 663. The van der Waals surface area contributed by atoms with Crippen molar-refractivity contribution in [2.75, 3.05) is 0 Å². The number of aliphatic hydroxyl groups excluding tert-OH is 3. The minimum Gasteiger partial charge on any atom is -0.393 e. The lowest BCUT2D eigenvalue weighted by molar-refractivity contribution is -0.162. The van der Waals surface area contributed by atoms with Crippen molar-refractivity contribution in [1.29, 1.82) is 0 Å². The van der Waals surface area contributed by atoms with Crippen molar-refractivity contribution >= 4 is 0 Å². The first-order chi connectivity index (χ1) is 14.9. The van der Waals surface area contributed by atoms with Gasteiger partial charge in [-0.2, -0.15) is 0 Å². The molecule has 0 aromatic heterocycles. The fraction of sp³-hybridized carbons (Fsp3) is 1.00. The minimum atomic E-state index is -0.542.